The molecule has 4 N–H and O–H groups in total. The molecule has 0 aliphatic rings. The zero-order valence-corrected chi connectivity index (χ0v) is 17.9. The smallest absolute Gasteiger partial charge is 0.337 e. The molecule has 13 heteroatoms. The first kappa shape index (κ1) is 23.9. The summed E-state index contributed by atoms with van der Waals surface area (Å²) in [6, 6.07) is 14.0. The molecule has 0 fully saturated rings. The number of benzene rings is 3. The van der Waals surface area contributed by atoms with Crippen LogP contribution < -0.4 is 10.1 Å². The Morgan fingerprint density at radius 1 is 0.941 bits per heavy atom. The average molecular weight is 484 g/mol. The molecule has 0 heterocycles. The van der Waals surface area contributed by atoms with Gasteiger partial charge in [-0.3, -0.25) is 20.3 Å². The van der Waals surface area contributed by atoms with Crippen LogP contribution in [-0.2, 0) is 10.0 Å². The van der Waals surface area contributed by atoms with Gasteiger partial charge in [0.15, 0.2) is 0 Å². The Bertz CT molecular complexity index is 1400. The maximum absolute atomic E-state index is 13.0. The predicted molar refractivity (Wildman–Crippen MR) is 122 cm³/mol. The molecular formula is C21H16N4O8S. The van der Waals surface area contributed by atoms with Crippen molar-refractivity contribution < 1.29 is 33.1 Å². The van der Waals surface area contributed by atoms with Gasteiger partial charge in [-0.25, -0.2) is 18.0 Å². The van der Waals surface area contributed by atoms with Gasteiger partial charge in [-0.05, 0) is 35.9 Å². The Hall–Kier alpha value is -4.78. The molecule has 34 heavy (non-hydrogen) atoms. The van der Waals surface area contributed by atoms with Crippen LogP contribution in [0, 0.1) is 10.1 Å². The fraction of sp³-hybridized carbons (Fsp3) is 0. The lowest BCUT2D eigenvalue weighted by atomic mass is 10.1. The standard InChI is InChI=1S/C21H16N4O8S/c26-20(27)14-7-5-13(6-8-14)12-22-23-18-10-9-15(25(30)31)11-19(18)34(32,33)24-17-4-2-1-3-16(17)21(28)29/h1-12,23-24H,(H,26,27)(H,28,29). The summed E-state index contributed by atoms with van der Waals surface area (Å²) in [6.07, 6.45) is 1.29. The van der Waals surface area contributed by atoms with Gasteiger partial charge in [-0.15, -0.1) is 0 Å². The first-order valence-corrected chi connectivity index (χ1v) is 10.8. The molecule has 174 valence electrons. The lowest BCUT2D eigenvalue weighted by molar-refractivity contribution is -0.385. The Morgan fingerprint density at radius 3 is 2.24 bits per heavy atom. The summed E-state index contributed by atoms with van der Waals surface area (Å²) in [5.41, 5.74) is 1.89. The third-order valence-corrected chi connectivity index (χ3v) is 5.83. The van der Waals surface area contributed by atoms with E-state index in [1.54, 1.807) is 0 Å². The minimum Gasteiger partial charge on any atom is -0.478 e. The summed E-state index contributed by atoms with van der Waals surface area (Å²) >= 11 is 0. The van der Waals surface area contributed by atoms with E-state index in [9.17, 15) is 33.2 Å². The van der Waals surface area contributed by atoms with Crippen molar-refractivity contribution in [2.45, 2.75) is 4.90 Å². The van der Waals surface area contributed by atoms with Crippen LogP contribution in [0.2, 0.25) is 0 Å². The molecule has 0 spiro atoms. The van der Waals surface area contributed by atoms with E-state index >= 15 is 0 Å². The highest BCUT2D eigenvalue weighted by Gasteiger charge is 2.24. The number of nitrogens with one attached hydrogen (secondary N) is 2. The van der Waals surface area contributed by atoms with Gasteiger partial charge < -0.3 is 10.2 Å². The number of nitro groups is 1. The molecule has 12 nitrogen and oxygen atoms in total. The second kappa shape index (κ2) is 9.79. The van der Waals surface area contributed by atoms with Gasteiger partial charge in [0.25, 0.3) is 15.7 Å². The third-order valence-electron chi connectivity index (χ3n) is 4.42. The van der Waals surface area contributed by atoms with Gasteiger partial charge in [0.2, 0.25) is 0 Å². The van der Waals surface area contributed by atoms with Crippen molar-refractivity contribution in [3.05, 3.63) is 93.5 Å². The molecule has 3 aromatic rings. The van der Waals surface area contributed by atoms with Crippen LogP contribution in [0.1, 0.15) is 26.3 Å². The van der Waals surface area contributed by atoms with E-state index in [-0.39, 0.29) is 22.5 Å². The Labute approximate surface area is 192 Å². The Kier molecular flexibility index (Phi) is 6.87. The quantitative estimate of drug-likeness (QED) is 0.201. The molecule has 0 aliphatic carbocycles. The molecule has 0 aliphatic heterocycles. The van der Waals surface area contributed by atoms with Gasteiger partial charge >= 0.3 is 11.9 Å². The number of aromatic carboxylic acids is 2. The van der Waals surface area contributed by atoms with Crippen LogP contribution >= 0.6 is 0 Å². The molecule has 3 aromatic carbocycles. The van der Waals surface area contributed by atoms with Crippen LogP contribution in [0.3, 0.4) is 0 Å². The highest BCUT2D eigenvalue weighted by molar-refractivity contribution is 7.93. The number of anilines is 2. The maximum atomic E-state index is 13.0. The summed E-state index contributed by atoms with van der Waals surface area (Å²) in [5, 5.41) is 33.3. The molecule has 0 aromatic heterocycles. The lowest BCUT2D eigenvalue weighted by Gasteiger charge is -2.13. The highest BCUT2D eigenvalue weighted by Crippen LogP contribution is 2.29. The van der Waals surface area contributed by atoms with Crippen LogP contribution in [0.15, 0.2) is 76.7 Å². The lowest BCUT2D eigenvalue weighted by Crippen LogP contribution is -2.17. The fourth-order valence-electron chi connectivity index (χ4n) is 2.79. The number of rotatable bonds is 9. The first-order valence-electron chi connectivity index (χ1n) is 9.34. The second-order valence-corrected chi connectivity index (χ2v) is 8.34. The Morgan fingerprint density at radius 2 is 1.62 bits per heavy atom. The van der Waals surface area contributed by atoms with Crippen molar-refractivity contribution in [2.24, 2.45) is 5.10 Å². The van der Waals surface area contributed by atoms with Crippen LogP contribution in [-0.4, -0.2) is 41.7 Å². The van der Waals surface area contributed by atoms with Crippen molar-refractivity contribution in [2.75, 3.05) is 10.1 Å². The molecule has 0 bridgehead atoms. The summed E-state index contributed by atoms with van der Waals surface area (Å²) in [5.74, 6) is -2.46. The Balaban J connectivity index is 1.94. The topological polar surface area (TPSA) is 188 Å². The average Bonchev–Trinajstić information content (AvgIpc) is 2.79. The number of nitrogens with zero attached hydrogens (tertiary/aromatic N) is 2. The van der Waals surface area contributed by atoms with Crippen LogP contribution in [0.25, 0.3) is 0 Å². The first-order chi connectivity index (χ1) is 16.1. The highest BCUT2D eigenvalue weighted by atomic mass is 32.2. The van der Waals surface area contributed by atoms with E-state index in [1.807, 2.05) is 0 Å². The van der Waals surface area contributed by atoms with E-state index in [0.717, 1.165) is 18.2 Å². The molecular weight excluding hydrogens is 468 g/mol. The monoisotopic (exact) mass is 484 g/mol. The number of sulfonamides is 1. The third kappa shape index (κ3) is 5.52. The summed E-state index contributed by atoms with van der Waals surface area (Å²) in [7, 11) is -4.49. The SMILES string of the molecule is O=C(O)c1ccc(C=NNc2ccc([N+](=O)[O-])cc2S(=O)(=O)Nc2ccccc2C(=O)O)cc1. The van der Waals surface area contributed by atoms with Crippen molar-refractivity contribution in [1.82, 2.24) is 0 Å². The van der Waals surface area contributed by atoms with Gasteiger partial charge in [0.1, 0.15) is 4.90 Å². The molecule has 3 rings (SSSR count). The van der Waals surface area contributed by atoms with Gasteiger partial charge in [-0.1, -0.05) is 24.3 Å². The van der Waals surface area contributed by atoms with Crippen molar-refractivity contribution >= 4 is 45.2 Å². The van der Waals surface area contributed by atoms with Gasteiger partial charge in [-0.2, -0.15) is 5.10 Å². The number of nitro benzene ring substituents is 1. The maximum Gasteiger partial charge on any atom is 0.337 e. The number of carbonyl (C=O) groups is 2. The number of carboxylic acid groups (broad SMARTS) is 2. The number of carboxylic acids is 2. The number of hydrogen-bond acceptors (Lipinski definition) is 8. The molecule has 0 atom stereocenters. The molecule has 0 radical (unpaired) electrons. The van der Waals surface area contributed by atoms with Crippen LogP contribution in [0.4, 0.5) is 17.1 Å². The van der Waals surface area contributed by atoms with Gasteiger partial charge in [0, 0.05) is 12.1 Å². The molecule has 0 saturated carbocycles. The van der Waals surface area contributed by atoms with Gasteiger partial charge in [0.05, 0.1) is 33.6 Å². The zero-order valence-electron chi connectivity index (χ0n) is 17.1. The number of hydrogen-bond donors (Lipinski definition) is 4. The molecule has 0 saturated heterocycles. The normalized spacial score (nSPS) is 11.2. The molecule has 0 amide bonds. The van der Waals surface area contributed by atoms with Crippen molar-refractivity contribution in [1.29, 1.82) is 0 Å². The summed E-state index contributed by atoms with van der Waals surface area (Å²) in [6.45, 7) is 0. The van der Waals surface area contributed by atoms with E-state index < -0.39 is 37.5 Å². The minimum absolute atomic E-state index is 0.0709. The molecule has 0 unspecified atom stereocenters. The van der Waals surface area contributed by atoms with Crippen molar-refractivity contribution in [3.63, 3.8) is 0 Å². The van der Waals surface area contributed by atoms with E-state index in [1.165, 1.54) is 54.7 Å². The zero-order chi connectivity index (χ0) is 24.9. The summed E-state index contributed by atoms with van der Waals surface area (Å²) in [4.78, 5) is 32.2. The minimum atomic E-state index is -4.49. The van der Waals surface area contributed by atoms with E-state index in [2.05, 4.69) is 15.2 Å². The predicted octanol–water partition coefficient (Wildman–Crippen LogP) is 3.24. The second-order valence-electron chi connectivity index (χ2n) is 6.69. The number of para-hydroxylation sites is 1. The summed E-state index contributed by atoms with van der Waals surface area (Å²) < 4.78 is 28.2. The largest absolute Gasteiger partial charge is 0.478 e. The van der Waals surface area contributed by atoms with Crippen molar-refractivity contribution in [3.8, 4) is 0 Å². The fourth-order valence-corrected chi connectivity index (χ4v) is 4.04. The van der Waals surface area contributed by atoms with E-state index in [4.69, 9.17) is 5.11 Å². The van der Waals surface area contributed by atoms with E-state index in [0.29, 0.717) is 5.56 Å². The van der Waals surface area contributed by atoms with Crippen LogP contribution in [0.5, 0.6) is 0 Å². The number of hydrazone groups is 1. The number of non-ortho nitro benzene ring substituents is 1.